The van der Waals surface area contributed by atoms with Crippen LogP contribution in [0.25, 0.3) is 10.9 Å². The number of ether oxygens (including phenoxy) is 2. The fourth-order valence-corrected chi connectivity index (χ4v) is 3.99. The molecule has 2 amide bonds. The van der Waals surface area contributed by atoms with Gasteiger partial charge in [0.15, 0.2) is 0 Å². The number of carbonyl (C=O) groups is 2. The standard InChI is InChI=1S/C27H26ClN3O4/c1-17(32)31-25(13-19-16-29-24-6-4-3-5-22(19)24)27(33)30-15-18-7-9-20(10-8-18)35-26-12-11-21(34-2)14-23(26)28/h3-12,14,16,25,29H,13,15H2,1-2H3,(H,30,33)(H,31,32). The minimum Gasteiger partial charge on any atom is -0.497 e. The highest BCUT2D eigenvalue weighted by Crippen LogP contribution is 2.32. The fraction of sp³-hybridized carbons (Fsp3) is 0.185. The van der Waals surface area contributed by atoms with Gasteiger partial charge in [-0.3, -0.25) is 9.59 Å². The summed E-state index contributed by atoms with van der Waals surface area (Å²) in [6.07, 6.45) is 2.26. The minimum absolute atomic E-state index is 0.254. The van der Waals surface area contributed by atoms with Crippen molar-refractivity contribution >= 4 is 34.3 Å². The summed E-state index contributed by atoms with van der Waals surface area (Å²) in [5.41, 5.74) is 2.84. The van der Waals surface area contributed by atoms with E-state index in [9.17, 15) is 9.59 Å². The number of benzene rings is 3. The number of fused-ring (bicyclic) bond motifs is 1. The van der Waals surface area contributed by atoms with E-state index in [2.05, 4.69) is 15.6 Å². The average molecular weight is 492 g/mol. The molecule has 0 aliphatic rings. The summed E-state index contributed by atoms with van der Waals surface area (Å²) >= 11 is 6.24. The summed E-state index contributed by atoms with van der Waals surface area (Å²) in [5.74, 6) is 1.27. The van der Waals surface area contributed by atoms with Crippen LogP contribution in [0.4, 0.5) is 0 Å². The van der Waals surface area contributed by atoms with Crippen molar-refractivity contribution in [2.45, 2.75) is 25.9 Å². The molecule has 0 spiro atoms. The van der Waals surface area contributed by atoms with E-state index in [4.69, 9.17) is 21.1 Å². The molecule has 0 saturated heterocycles. The summed E-state index contributed by atoms with van der Waals surface area (Å²) in [6, 6.07) is 19.7. The van der Waals surface area contributed by atoms with Crippen molar-refractivity contribution in [1.29, 1.82) is 0 Å². The second kappa shape index (κ2) is 11.0. The lowest BCUT2D eigenvalue weighted by atomic mass is 10.0. The fourth-order valence-electron chi connectivity index (χ4n) is 3.78. The lowest BCUT2D eigenvalue weighted by Crippen LogP contribution is -2.47. The van der Waals surface area contributed by atoms with E-state index in [0.717, 1.165) is 22.0 Å². The van der Waals surface area contributed by atoms with Gasteiger partial charge in [0.2, 0.25) is 11.8 Å². The van der Waals surface area contributed by atoms with Crippen LogP contribution in [-0.4, -0.2) is 29.9 Å². The second-order valence-corrected chi connectivity index (χ2v) is 8.48. The minimum atomic E-state index is -0.688. The molecular formula is C27H26ClN3O4. The molecule has 0 aliphatic carbocycles. The molecule has 1 unspecified atom stereocenters. The number of methoxy groups -OCH3 is 1. The molecule has 4 rings (SSSR count). The van der Waals surface area contributed by atoms with E-state index in [-0.39, 0.29) is 11.8 Å². The maximum Gasteiger partial charge on any atom is 0.243 e. The third-order valence-corrected chi connectivity index (χ3v) is 5.85. The first kappa shape index (κ1) is 24.2. The lowest BCUT2D eigenvalue weighted by Gasteiger charge is -2.17. The van der Waals surface area contributed by atoms with Gasteiger partial charge < -0.3 is 25.1 Å². The number of aromatic amines is 1. The predicted molar refractivity (Wildman–Crippen MR) is 136 cm³/mol. The van der Waals surface area contributed by atoms with Crippen molar-refractivity contribution in [3.63, 3.8) is 0 Å². The Bertz CT molecular complexity index is 1330. The van der Waals surface area contributed by atoms with Crippen LogP contribution >= 0.6 is 11.6 Å². The second-order valence-electron chi connectivity index (χ2n) is 8.08. The molecule has 180 valence electrons. The van der Waals surface area contributed by atoms with Crippen molar-refractivity contribution in [2.24, 2.45) is 0 Å². The zero-order valence-corrected chi connectivity index (χ0v) is 20.2. The summed E-state index contributed by atoms with van der Waals surface area (Å²) in [5, 5.41) is 7.15. The molecule has 0 radical (unpaired) electrons. The van der Waals surface area contributed by atoms with Gasteiger partial charge >= 0.3 is 0 Å². The smallest absolute Gasteiger partial charge is 0.243 e. The Morgan fingerprint density at radius 2 is 1.77 bits per heavy atom. The van der Waals surface area contributed by atoms with E-state index < -0.39 is 6.04 Å². The maximum atomic E-state index is 12.9. The van der Waals surface area contributed by atoms with Crippen LogP contribution in [0.2, 0.25) is 5.02 Å². The van der Waals surface area contributed by atoms with E-state index in [1.807, 2.05) is 42.6 Å². The predicted octanol–water partition coefficient (Wildman–Crippen LogP) is 4.99. The van der Waals surface area contributed by atoms with Crippen LogP contribution in [0.1, 0.15) is 18.1 Å². The molecule has 0 bridgehead atoms. The molecular weight excluding hydrogens is 466 g/mol. The van der Waals surface area contributed by atoms with Crippen molar-refractivity contribution in [3.8, 4) is 17.2 Å². The zero-order valence-electron chi connectivity index (χ0n) is 19.4. The van der Waals surface area contributed by atoms with Gasteiger partial charge in [-0.1, -0.05) is 41.9 Å². The van der Waals surface area contributed by atoms with E-state index in [1.165, 1.54) is 6.92 Å². The van der Waals surface area contributed by atoms with E-state index in [1.54, 1.807) is 37.4 Å². The zero-order chi connectivity index (χ0) is 24.8. The molecule has 0 aliphatic heterocycles. The van der Waals surface area contributed by atoms with Crippen molar-refractivity contribution in [2.75, 3.05) is 7.11 Å². The molecule has 7 nitrogen and oxygen atoms in total. The lowest BCUT2D eigenvalue weighted by molar-refractivity contribution is -0.128. The molecule has 0 saturated carbocycles. The number of halogens is 1. The molecule has 1 aromatic heterocycles. The van der Waals surface area contributed by atoms with Gasteiger partial charge in [0.25, 0.3) is 0 Å². The summed E-state index contributed by atoms with van der Waals surface area (Å²) in [6.45, 7) is 1.72. The first-order valence-corrected chi connectivity index (χ1v) is 11.5. The third kappa shape index (κ3) is 6.13. The monoisotopic (exact) mass is 491 g/mol. The number of nitrogens with one attached hydrogen (secondary N) is 3. The molecule has 3 N–H and O–H groups in total. The van der Waals surface area contributed by atoms with E-state index in [0.29, 0.717) is 35.2 Å². The molecule has 1 heterocycles. The molecule has 1 atom stereocenters. The normalized spacial score (nSPS) is 11.6. The first-order chi connectivity index (χ1) is 16.9. The maximum absolute atomic E-state index is 12.9. The summed E-state index contributed by atoms with van der Waals surface area (Å²) < 4.78 is 11.0. The molecule has 3 aromatic carbocycles. The number of para-hydroxylation sites is 1. The number of hydrogen-bond donors (Lipinski definition) is 3. The highest BCUT2D eigenvalue weighted by molar-refractivity contribution is 6.32. The Hall–Kier alpha value is -3.97. The van der Waals surface area contributed by atoms with E-state index >= 15 is 0 Å². The summed E-state index contributed by atoms with van der Waals surface area (Å²) in [7, 11) is 1.57. The summed E-state index contributed by atoms with van der Waals surface area (Å²) in [4.78, 5) is 27.9. The van der Waals surface area contributed by atoms with Gasteiger partial charge in [-0.15, -0.1) is 0 Å². The Morgan fingerprint density at radius 3 is 2.49 bits per heavy atom. The molecule has 4 aromatic rings. The van der Waals surface area contributed by atoms with Gasteiger partial charge in [-0.05, 0) is 41.5 Å². The van der Waals surface area contributed by atoms with Gasteiger partial charge in [0, 0.05) is 43.1 Å². The van der Waals surface area contributed by atoms with Gasteiger partial charge in [-0.2, -0.15) is 0 Å². The van der Waals surface area contributed by atoms with Crippen LogP contribution in [0.3, 0.4) is 0 Å². The SMILES string of the molecule is COc1ccc(Oc2ccc(CNC(=O)C(Cc3c[nH]c4ccccc34)NC(C)=O)cc2)c(Cl)c1. The van der Waals surface area contributed by atoms with Crippen LogP contribution in [-0.2, 0) is 22.6 Å². The van der Waals surface area contributed by atoms with Crippen LogP contribution in [0, 0.1) is 0 Å². The number of carbonyl (C=O) groups excluding carboxylic acids is 2. The quantitative estimate of drug-likeness (QED) is 0.307. The van der Waals surface area contributed by atoms with Gasteiger partial charge in [-0.25, -0.2) is 0 Å². The van der Waals surface area contributed by atoms with Crippen LogP contribution in [0.15, 0.2) is 72.9 Å². The topological polar surface area (TPSA) is 92.4 Å². The van der Waals surface area contributed by atoms with Crippen molar-refractivity contribution < 1.29 is 19.1 Å². The van der Waals surface area contributed by atoms with Gasteiger partial charge in [0.05, 0.1) is 12.1 Å². The Balaban J connectivity index is 1.38. The van der Waals surface area contributed by atoms with Gasteiger partial charge in [0.1, 0.15) is 23.3 Å². The Morgan fingerprint density at radius 1 is 1.03 bits per heavy atom. The number of H-pyrrole nitrogens is 1. The number of amides is 2. The highest BCUT2D eigenvalue weighted by Gasteiger charge is 2.21. The largest absolute Gasteiger partial charge is 0.497 e. The highest BCUT2D eigenvalue weighted by atomic mass is 35.5. The first-order valence-electron chi connectivity index (χ1n) is 11.1. The Labute approximate surface area is 208 Å². The molecule has 0 fully saturated rings. The van der Waals surface area contributed by atoms with Crippen LogP contribution < -0.4 is 20.1 Å². The third-order valence-electron chi connectivity index (χ3n) is 5.55. The van der Waals surface area contributed by atoms with Crippen LogP contribution in [0.5, 0.6) is 17.2 Å². The number of rotatable bonds is 9. The Kier molecular flexibility index (Phi) is 7.57. The average Bonchev–Trinajstić information content (AvgIpc) is 3.26. The van der Waals surface area contributed by atoms with Crippen molar-refractivity contribution in [3.05, 3.63) is 89.1 Å². The molecule has 35 heavy (non-hydrogen) atoms. The van der Waals surface area contributed by atoms with Crippen molar-refractivity contribution in [1.82, 2.24) is 15.6 Å². The number of hydrogen-bond acceptors (Lipinski definition) is 4. The molecule has 8 heteroatoms. The number of aromatic nitrogens is 1.